The number of hydrogen-bond acceptors (Lipinski definition) is 1. The predicted molar refractivity (Wildman–Crippen MR) is 145 cm³/mol. The molecule has 0 aromatic heterocycles. The number of rotatable bonds is 9. The van der Waals surface area contributed by atoms with Gasteiger partial charge in [-0.3, -0.25) is 0 Å². The van der Waals surface area contributed by atoms with E-state index in [1.54, 1.807) is 12.1 Å². The Bertz CT molecular complexity index is 1340. The van der Waals surface area contributed by atoms with E-state index in [1.807, 2.05) is 12.1 Å². The van der Waals surface area contributed by atoms with Crippen LogP contribution in [0.4, 0.5) is 26.3 Å². The maximum Gasteiger partial charge on any atom is 0.573 e. The van der Waals surface area contributed by atoms with E-state index in [4.69, 9.17) is 0 Å². The zero-order valence-corrected chi connectivity index (χ0v) is 22.7. The molecule has 0 aliphatic heterocycles. The molecule has 3 aromatic carbocycles. The molecule has 0 heterocycles. The molecule has 0 N–H and O–H groups in total. The lowest BCUT2D eigenvalue weighted by Gasteiger charge is -2.28. The Morgan fingerprint density at radius 3 is 2.12 bits per heavy atom. The summed E-state index contributed by atoms with van der Waals surface area (Å²) in [5.41, 5.74) is 0.924. The van der Waals surface area contributed by atoms with Crippen LogP contribution in [0.2, 0.25) is 0 Å². The Kier molecular flexibility index (Phi) is 10.1. The molecule has 214 valence electrons. The minimum atomic E-state index is -5.24. The number of alkyl halides is 3. The molecule has 40 heavy (non-hydrogen) atoms. The fraction of sp³-hybridized carbons (Fsp3) is 0.455. The van der Waals surface area contributed by atoms with Crippen LogP contribution < -0.4 is 4.74 Å². The Labute approximate surface area is 231 Å². The van der Waals surface area contributed by atoms with Crippen molar-refractivity contribution in [3.8, 4) is 17.6 Å². The summed E-state index contributed by atoms with van der Waals surface area (Å²) in [6.07, 6.45) is 8.74. The summed E-state index contributed by atoms with van der Waals surface area (Å²) in [5.74, 6) is 1.34. The third kappa shape index (κ3) is 8.19. The molecular formula is C33H34F6O. The van der Waals surface area contributed by atoms with E-state index in [0.29, 0.717) is 17.5 Å². The first-order chi connectivity index (χ1) is 19.1. The van der Waals surface area contributed by atoms with Gasteiger partial charge in [-0.1, -0.05) is 101 Å². The molecule has 0 spiro atoms. The number of benzene rings is 3. The number of halogens is 6. The van der Waals surface area contributed by atoms with Gasteiger partial charge >= 0.3 is 6.36 Å². The smallest absolute Gasteiger partial charge is 0.399 e. The SMILES string of the molecule is CCCCCCC1CCC(CCc2ccc3c(F)c(C#Cc4cc(F)c(OC(F)(F)F)c(F)c4)ccc3c2)CC1. The molecule has 0 amide bonds. The summed E-state index contributed by atoms with van der Waals surface area (Å²) in [5, 5.41) is 1.12. The molecule has 1 aliphatic carbocycles. The molecule has 0 atom stereocenters. The van der Waals surface area contributed by atoms with E-state index < -0.39 is 29.6 Å². The van der Waals surface area contributed by atoms with Gasteiger partial charge in [-0.05, 0) is 53.8 Å². The quantitative estimate of drug-likeness (QED) is 0.144. The van der Waals surface area contributed by atoms with Gasteiger partial charge in [0.05, 0.1) is 5.56 Å². The topological polar surface area (TPSA) is 9.23 Å². The molecule has 1 saturated carbocycles. The van der Waals surface area contributed by atoms with E-state index in [2.05, 4.69) is 23.5 Å². The van der Waals surface area contributed by atoms with Gasteiger partial charge < -0.3 is 4.74 Å². The predicted octanol–water partition coefficient (Wildman–Crippen LogP) is 10.3. The van der Waals surface area contributed by atoms with Gasteiger partial charge in [0.15, 0.2) is 11.6 Å². The van der Waals surface area contributed by atoms with Crippen molar-refractivity contribution in [2.24, 2.45) is 11.8 Å². The van der Waals surface area contributed by atoms with Gasteiger partial charge in [0.2, 0.25) is 5.75 Å². The first kappa shape index (κ1) is 29.8. The molecule has 1 aliphatic rings. The first-order valence-corrected chi connectivity index (χ1v) is 14.1. The molecule has 1 nitrogen and oxygen atoms in total. The normalized spacial score (nSPS) is 17.5. The summed E-state index contributed by atoms with van der Waals surface area (Å²) in [6.45, 7) is 2.24. The number of ether oxygens (including phenoxy) is 1. The molecule has 7 heteroatoms. The van der Waals surface area contributed by atoms with Crippen molar-refractivity contribution in [2.45, 2.75) is 83.9 Å². The highest BCUT2D eigenvalue weighted by molar-refractivity contribution is 5.85. The Hall–Kier alpha value is -3.14. The van der Waals surface area contributed by atoms with Gasteiger partial charge in [-0.2, -0.15) is 0 Å². The van der Waals surface area contributed by atoms with Crippen molar-refractivity contribution in [3.05, 3.63) is 76.6 Å². The zero-order chi connectivity index (χ0) is 28.7. The van der Waals surface area contributed by atoms with Crippen molar-refractivity contribution >= 4 is 10.8 Å². The maximum atomic E-state index is 15.2. The van der Waals surface area contributed by atoms with Crippen molar-refractivity contribution in [2.75, 3.05) is 0 Å². The molecule has 0 radical (unpaired) electrons. The summed E-state index contributed by atoms with van der Waals surface area (Å²) in [4.78, 5) is 0. The molecule has 0 unspecified atom stereocenters. The standard InChI is InChI=1S/C33H34F6O/c1-2-3-4-5-6-22-7-9-23(10-8-22)11-12-24-14-18-28-27(19-24)17-16-26(31(28)36)15-13-25-20-29(34)32(30(35)21-25)40-33(37,38)39/h14,16-23H,2-12H2,1H3. The van der Waals surface area contributed by atoms with Crippen molar-refractivity contribution in [1.29, 1.82) is 0 Å². The van der Waals surface area contributed by atoms with Crippen molar-refractivity contribution in [1.82, 2.24) is 0 Å². The third-order valence-corrected chi connectivity index (χ3v) is 7.85. The second-order valence-corrected chi connectivity index (χ2v) is 10.8. The van der Waals surface area contributed by atoms with Crippen molar-refractivity contribution in [3.63, 3.8) is 0 Å². The van der Waals surface area contributed by atoms with Crippen LogP contribution in [-0.4, -0.2) is 6.36 Å². The van der Waals surface area contributed by atoms with E-state index in [-0.39, 0.29) is 11.1 Å². The molecule has 1 fully saturated rings. The Morgan fingerprint density at radius 2 is 1.48 bits per heavy atom. The summed E-state index contributed by atoms with van der Waals surface area (Å²) in [6, 6.07) is 10.1. The first-order valence-electron chi connectivity index (χ1n) is 14.1. The minimum absolute atomic E-state index is 0.0168. The molecule has 4 rings (SSSR count). The second-order valence-electron chi connectivity index (χ2n) is 10.8. The largest absolute Gasteiger partial charge is 0.573 e. The van der Waals surface area contributed by atoms with Crippen LogP contribution in [0.1, 0.15) is 87.8 Å². The maximum absolute atomic E-state index is 15.2. The van der Waals surface area contributed by atoms with Crippen LogP contribution in [0.15, 0.2) is 42.5 Å². The highest BCUT2D eigenvalue weighted by atomic mass is 19.4. The van der Waals surface area contributed by atoms with E-state index in [1.165, 1.54) is 63.9 Å². The van der Waals surface area contributed by atoms with Gasteiger partial charge in [-0.15, -0.1) is 13.2 Å². The number of aryl methyl sites for hydroxylation is 1. The average Bonchev–Trinajstić information content (AvgIpc) is 2.92. The minimum Gasteiger partial charge on any atom is -0.399 e. The molecular weight excluding hydrogens is 526 g/mol. The van der Waals surface area contributed by atoms with Gasteiger partial charge in [-0.25, -0.2) is 13.2 Å². The number of fused-ring (bicyclic) bond motifs is 1. The molecule has 3 aromatic rings. The molecule has 0 saturated heterocycles. The van der Waals surface area contributed by atoms with Crippen LogP contribution in [0.25, 0.3) is 10.8 Å². The Balaban J connectivity index is 1.37. The van der Waals surface area contributed by atoms with Crippen LogP contribution in [0.5, 0.6) is 5.75 Å². The lowest BCUT2D eigenvalue weighted by atomic mass is 9.77. The van der Waals surface area contributed by atoms with Crippen LogP contribution >= 0.6 is 0 Å². The lowest BCUT2D eigenvalue weighted by molar-refractivity contribution is -0.276. The van der Waals surface area contributed by atoms with Crippen LogP contribution in [0, 0.1) is 41.1 Å². The lowest BCUT2D eigenvalue weighted by Crippen LogP contribution is -2.19. The fourth-order valence-corrected chi connectivity index (χ4v) is 5.62. The molecule has 0 bridgehead atoms. The van der Waals surface area contributed by atoms with Crippen molar-refractivity contribution < 1.29 is 31.1 Å². The summed E-state index contributed by atoms with van der Waals surface area (Å²) in [7, 11) is 0. The fourth-order valence-electron chi connectivity index (χ4n) is 5.62. The van der Waals surface area contributed by atoms with E-state index >= 15 is 4.39 Å². The van der Waals surface area contributed by atoms with E-state index in [9.17, 15) is 22.0 Å². The third-order valence-electron chi connectivity index (χ3n) is 7.85. The highest BCUT2D eigenvalue weighted by Crippen LogP contribution is 2.35. The van der Waals surface area contributed by atoms with E-state index in [0.717, 1.165) is 35.6 Å². The second kappa shape index (κ2) is 13.5. The number of unbranched alkanes of at least 4 members (excludes halogenated alkanes) is 3. The number of hydrogen-bond donors (Lipinski definition) is 0. The van der Waals surface area contributed by atoms with Gasteiger partial charge in [0.25, 0.3) is 0 Å². The zero-order valence-electron chi connectivity index (χ0n) is 22.7. The van der Waals surface area contributed by atoms with Gasteiger partial charge in [0, 0.05) is 10.9 Å². The van der Waals surface area contributed by atoms with Gasteiger partial charge in [0.1, 0.15) is 5.82 Å². The summed E-state index contributed by atoms with van der Waals surface area (Å²) < 4.78 is 83.5. The monoisotopic (exact) mass is 560 g/mol. The summed E-state index contributed by atoms with van der Waals surface area (Å²) >= 11 is 0. The average molecular weight is 561 g/mol. The van der Waals surface area contributed by atoms with Crippen LogP contribution in [-0.2, 0) is 6.42 Å². The highest BCUT2D eigenvalue weighted by Gasteiger charge is 2.34. The Morgan fingerprint density at radius 1 is 0.800 bits per heavy atom. The van der Waals surface area contributed by atoms with Crippen LogP contribution in [0.3, 0.4) is 0 Å².